The number of rotatable bonds is 3. The normalized spacial score (nSPS) is 18.4. The van der Waals surface area contributed by atoms with Crippen molar-refractivity contribution in [3.63, 3.8) is 0 Å². The highest BCUT2D eigenvalue weighted by Crippen LogP contribution is 2.25. The lowest BCUT2D eigenvalue weighted by molar-refractivity contribution is 0.164. The number of hydrogen-bond acceptors (Lipinski definition) is 6. The molecule has 3 heterocycles. The first kappa shape index (κ1) is 16.7. The zero-order valence-corrected chi connectivity index (χ0v) is 14.3. The Morgan fingerprint density at radius 3 is 2.83 bits per heavy atom. The van der Waals surface area contributed by atoms with Crippen molar-refractivity contribution in [3.05, 3.63) is 42.2 Å². The van der Waals surface area contributed by atoms with E-state index >= 15 is 0 Å². The third-order valence-corrected chi connectivity index (χ3v) is 4.36. The second-order valence-electron chi connectivity index (χ2n) is 5.98. The predicted molar refractivity (Wildman–Crippen MR) is 97.9 cm³/mol. The number of hydrogen-bond donors (Lipinski definition) is 1. The van der Waals surface area contributed by atoms with Gasteiger partial charge >= 0.3 is 0 Å². The van der Waals surface area contributed by atoms with Gasteiger partial charge in [0.05, 0.1) is 6.04 Å². The summed E-state index contributed by atoms with van der Waals surface area (Å²) in [4.78, 5) is 10.8. The molecular weight excluding hydrogens is 322 g/mol. The van der Waals surface area contributed by atoms with Crippen LogP contribution in [0, 0.1) is 0 Å². The first-order valence-corrected chi connectivity index (χ1v) is 7.89. The molecule has 24 heavy (non-hydrogen) atoms. The summed E-state index contributed by atoms with van der Waals surface area (Å²) in [6, 6.07) is 10.8. The second-order valence-corrected chi connectivity index (χ2v) is 5.98. The molecule has 7 nitrogen and oxygen atoms in total. The molecule has 0 radical (unpaired) electrons. The van der Waals surface area contributed by atoms with E-state index in [2.05, 4.69) is 49.4 Å². The minimum atomic E-state index is 0. The van der Waals surface area contributed by atoms with Gasteiger partial charge in [0.25, 0.3) is 0 Å². The molecular formula is C16H21N7S. The fraction of sp³-hybridized carbons (Fsp3) is 0.375. The van der Waals surface area contributed by atoms with Gasteiger partial charge in [0, 0.05) is 13.1 Å². The van der Waals surface area contributed by atoms with Gasteiger partial charge in [-0.05, 0) is 24.9 Å². The Labute approximate surface area is 147 Å². The van der Waals surface area contributed by atoms with E-state index in [1.165, 1.54) is 11.9 Å². The first-order valence-electron chi connectivity index (χ1n) is 7.89. The summed E-state index contributed by atoms with van der Waals surface area (Å²) < 4.78 is 1.91. The van der Waals surface area contributed by atoms with Gasteiger partial charge in [-0.15, -0.1) is 5.10 Å². The van der Waals surface area contributed by atoms with Crippen molar-refractivity contribution >= 4 is 30.5 Å². The van der Waals surface area contributed by atoms with E-state index in [0.717, 1.165) is 38.1 Å². The van der Waals surface area contributed by atoms with E-state index in [-0.39, 0.29) is 19.5 Å². The molecule has 2 aromatic heterocycles. The quantitative estimate of drug-likeness (QED) is 0.780. The Hall–Kier alpha value is -2.19. The van der Waals surface area contributed by atoms with E-state index in [1.807, 2.05) is 10.7 Å². The number of nitrogen functional groups attached to an aromatic ring is 1. The maximum Gasteiger partial charge on any atom is 0.184 e. The molecule has 8 heteroatoms. The largest absolute Gasteiger partial charge is 0.382 e. The number of piperidine rings is 1. The highest BCUT2D eigenvalue weighted by Gasteiger charge is 2.24. The van der Waals surface area contributed by atoms with Crippen LogP contribution in [0.1, 0.15) is 24.4 Å². The lowest BCUT2D eigenvalue weighted by Gasteiger charge is -2.32. The van der Waals surface area contributed by atoms with Gasteiger partial charge in [0.1, 0.15) is 6.33 Å². The number of anilines is 1. The van der Waals surface area contributed by atoms with Crippen LogP contribution >= 0.6 is 13.5 Å². The van der Waals surface area contributed by atoms with Crippen LogP contribution in [0.25, 0.3) is 11.2 Å². The van der Waals surface area contributed by atoms with Gasteiger partial charge in [-0.25, -0.2) is 14.6 Å². The third kappa shape index (κ3) is 3.20. The zero-order valence-electron chi connectivity index (χ0n) is 13.3. The number of fused-ring (bicyclic) bond motifs is 1. The molecule has 0 unspecified atom stereocenters. The maximum absolute atomic E-state index is 5.85. The Morgan fingerprint density at radius 1 is 1.17 bits per heavy atom. The van der Waals surface area contributed by atoms with Gasteiger partial charge in [-0.1, -0.05) is 35.5 Å². The maximum atomic E-state index is 5.85. The summed E-state index contributed by atoms with van der Waals surface area (Å²) >= 11 is 0. The molecule has 3 aromatic rings. The zero-order chi connectivity index (χ0) is 15.6. The molecule has 0 aliphatic carbocycles. The summed E-state index contributed by atoms with van der Waals surface area (Å²) in [5, 5.41) is 8.43. The summed E-state index contributed by atoms with van der Waals surface area (Å²) in [6.45, 7) is 3.01. The van der Waals surface area contributed by atoms with Crippen molar-refractivity contribution in [2.24, 2.45) is 0 Å². The van der Waals surface area contributed by atoms with E-state index in [9.17, 15) is 0 Å². The van der Waals surface area contributed by atoms with Crippen molar-refractivity contribution in [3.8, 4) is 0 Å². The predicted octanol–water partition coefficient (Wildman–Crippen LogP) is 1.75. The van der Waals surface area contributed by atoms with E-state index < -0.39 is 0 Å². The van der Waals surface area contributed by atoms with Crippen molar-refractivity contribution in [2.45, 2.75) is 25.4 Å². The van der Waals surface area contributed by atoms with E-state index in [1.54, 1.807) is 0 Å². The SMILES string of the molecule is Nc1ncnc2c1nnn2[C@H]1CCCN(Cc2ccccc2)C1.S. The van der Waals surface area contributed by atoms with Crippen LogP contribution in [0.15, 0.2) is 36.7 Å². The fourth-order valence-corrected chi connectivity index (χ4v) is 3.24. The molecule has 1 atom stereocenters. The molecule has 1 fully saturated rings. The molecule has 0 spiro atoms. The van der Waals surface area contributed by atoms with Crippen LogP contribution < -0.4 is 5.73 Å². The average molecular weight is 343 g/mol. The Kier molecular flexibility index (Phi) is 4.96. The number of aromatic nitrogens is 5. The minimum Gasteiger partial charge on any atom is -0.382 e. The van der Waals surface area contributed by atoms with Gasteiger partial charge in [0.2, 0.25) is 0 Å². The molecule has 4 rings (SSSR count). The van der Waals surface area contributed by atoms with Crippen LogP contribution in [-0.4, -0.2) is 43.0 Å². The summed E-state index contributed by atoms with van der Waals surface area (Å²) in [5.41, 5.74) is 8.50. The van der Waals surface area contributed by atoms with Crippen LogP contribution in [-0.2, 0) is 6.54 Å². The van der Waals surface area contributed by atoms with Crippen molar-refractivity contribution < 1.29 is 0 Å². The minimum absolute atomic E-state index is 0. The van der Waals surface area contributed by atoms with E-state index in [0.29, 0.717) is 11.3 Å². The monoisotopic (exact) mass is 343 g/mol. The van der Waals surface area contributed by atoms with Crippen LogP contribution in [0.3, 0.4) is 0 Å². The van der Waals surface area contributed by atoms with Crippen LogP contribution in [0.5, 0.6) is 0 Å². The Bertz CT molecular complexity index is 805. The van der Waals surface area contributed by atoms with Crippen molar-refractivity contribution in [2.75, 3.05) is 18.8 Å². The molecule has 126 valence electrons. The van der Waals surface area contributed by atoms with Crippen molar-refractivity contribution in [1.29, 1.82) is 0 Å². The fourth-order valence-electron chi connectivity index (χ4n) is 3.24. The first-order chi connectivity index (χ1) is 11.3. The highest BCUT2D eigenvalue weighted by molar-refractivity contribution is 7.59. The topological polar surface area (TPSA) is 85.7 Å². The van der Waals surface area contributed by atoms with Crippen LogP contribution in [0.2, 0.25) is 0 Å². The molecule has 1 aliphatic rings. The number of likely N-dealkylation sites (tertiary alicyclic amines) is 1. The van der Waals surface area contributed by atoms with Gasteiger partial charge in [-0.2, -0.15) is 13.5 Å². The average Bonchev–Trinajstić information content (AvgIpc) is 3.02. The van der Waals surface area contributed by atoms with Crippen molar-refractivity contribution in [1.82, 2.24) is 29.9 Å². The Balaban J connectivity index is 0.00000169. The lowest BCUT2D eigenvalue weighted by Crippen LogP contribution is -2.36. The number of benzene rings is 1. The van der Waals surface area contributed by atoms with Crippen LogP contribution in [0.4, 0.5) is 5.82 Å². The molecule has 0 amide bonds. The standard InChI is InChI=1S/C16H19N7.H2S/c17-15-14-16(19-11-18-15)23(21-20-14)13-7-4-8-22(10-13)9-12-5-2-1-3-6-12;/h1-3,5-6,11,13H,4,7-10H2,(H2,17,18,19);1H2/t13-;/m0./s1. The van der Waals surface area contributed by atoms with Gasteiger partial charge in [-0.3, -0.25) is 4.90 Å². The molecule has 1 aliphatic heterocycles. The molecule has 1 saturated heterocycles. The molecule has 2 N–H and O–H groups in total. The highest BCUT2D eigenvalue weighted by atomic mass is 32.1. The Morgan fingerprint density at radius 2 is 2.00 bits per heavy atom. The molecule has 0 bridgehead atoms. The lowest BCUT2D eigenvalue weighted by atomic mass is 10.0. The summed E-state index contributed by atoms with van der Waals surface area (Å²) in [5.74, 6) is 0.387. The third-order valence-electron chi connectivity index (χ3n) is 4.36. The summed E-state index contributed by atoms with van der Waals surface area (Å²) in [7, 11) is 0. The van der Waals surface area contributed by atoms with Gasteiger partial charge < -0.3 is 5.73 Å². The number of nitrogens with zero attached hydrogens (tertiary/aromatic N) is 6. The molecule has 0 saturated carbocycles. The second kappa shape index (κ2) is 7.14. The van der Waals surface area contributed by atoms with Gasteiger partial charge in [0.15, 0.2) is 17.0 Å². The summed E-state index contributed by atoms with van der Waals surface area (Å²) in [6.07, 6.45) is 3.69. The molecule has 1 aromatic carbocycles. The van der Waals surface area contributed by atoms with E-state index in [4.69, 9.17) is 5.73 Å². The number of nitrogens with two attached hydrogens (primary N) is 1. The smallest absolute Gasteiger partial charge is 0.184 e.